The molecule has 2 aliphatic rings. The van der Waals surface area contributed by atoms with Crippen LogP contribution in [0.1, 0.15) is 54.0 Å². The summed E-state index contributed by atoms with van der Waals surface area (Å²) in [5, 5.41) is 3.03. The molecule has 0 aromatic heterocycles. The second kappa shape index (κ2) is 12.3. The van der Waals surface area contributed by atoms with Crippen LogP contribution in [0.4, 0.5) is 0 Å². The van der Waals surface area contributed by atoms with E-state index < -0.39 is 0 Å². The highest BCUT2D eigenvalue weighted by Gasteiger charge is 2.30. The van der Waals surface area contributed by atoms with Gasteiger partial charge in [0.1, 0.15) is 5.75 Å². The molecule has 4 rings (SSSR count). The van der Waals surface area contributed by atoms with E-state index >= 15 is 0 Å². The van der Waals surface area contributed by atoms with E-state index in [9.17, 15) is 9.59 Å². The van der Waals surface area contributed by atoms with Gasteiger partial charge in [0.25, 0.3) is 0 Å². The van der Waals surface area contributed by atoms with Gasteiger partial charge in [-0.1, -0.05) is 19.9 Å². The SMILES string of the molecule is CNCCCN1C(=O)Cc2cc(C)c(OC)cc2CC1=O.COc1cc2c(cc1OC)C(C(C)C)C2. The highest BCUT2D eigenvalue weighted by atomic mass is 16.5. The number of hydrogen-bond donors (Lipinski definition) is 1. The Labute approximate surface area is 215 Å². The van der Waals surface area contributed by atoms with Crippen LogP contribution in [0.5, 0.6) is 17.2 Å². The van der Waals surface area contributed by atoms with Crippen molar-refractivity contribution in [3.63, 3.8) is 0 Å². The van der Waals surface area contributed by atoms with Gasteiger partial charge in [-0.25, -0.2) is 0 Å². The molecule has 1 N–H and O–H groups in total. The number of methoxy groups -OCH3 is 3. The van der Waals surface area contributed by atoms with Crippen LogP contribution in [0.2, 0.25) is 0 Å². The summed E-state index contributed by atoms with van der Waals surface area (Å²) >= 11 is 0. The average molecular weight is 497 g/mol. The molecule has 0 saturated carbocycles. The summed E-state index contributed by atoms with van der Waals surface area (Å²) < 4.78 is 15.9. The molecule has 7 heteroatoms. The van der Waals surface area contributed by atoms with Crippen LogP contribution < -0.4 is 19.5 Å². The maximum absolute atomic E-state index is 12.3. The number of aryl methyl sites for hydroxylation is 1. The van der Waals surface area contributed by atoms with E-state index in [1.54, 1.807) is 21.3 Å². The lowest BCUT2D eigenvalue weighted by molar-refractivity contribution is -0.143. The van der Waals surface area contributed by atoms with Gasteiger partial charge in [0, 0.05) is 6.54 Å². The van der Waals surface area contributed by atoms with Crippen LogP contribution in [-0.2, 0) is 28.9 Å². The first-order valence-electron chi connectivity index (χ1n) is 12.6. The summed E-state index contributed by atoms with van der Waals surface area (Å²) in [5.74, 6) is 3.62. The molecule has 0 radical (unpaired) electrons. The van der Waals surface area contributed by atoms with Crippen LogP contribution in [0.15, 0.2) is 24.3 Å². The maximum atomic E-state index is 12.3. The normalized spacial score (nSPS) is 16.3. The lowest BCUT2D eigenvalue weighted by atomic mass is 9.71. The lowest BCUT2D eigenvalue weighted by Gasteiger charge is -2.34. The van der Waals surface area contributed by atoms with Crippen molar-refractivity contribution >= 4 is 11.8 Å². The minimum Gasteiger partial charge on any atom is -0.496 e. The predicted octanol–water partition coefficient (Wildman–Crippen LogP) is 4.07. The van der Waals surface area contributed by atoms with Crippen molar-refractivity contribution in [1.82, 2.24) is 10.2 Å². The first kappa shape index (κ1) is 27.5. The molecule has 1 atom stereocenters. The number of rotatable bonds is 8. The molecule has 0 bridgehead atoms. The third kappa shape index (κ3) is 6.01. The topological polar surface area (TPSA) is 77.1 Å². The molecule has 1 aliphatic heterocycles. The number of carbonyl (C=O) groups is 2. The number of nitrogens with one attached hydrogen (secondary N) is 1. The van der Waals surface area contributed by atoms with Crippen molar-refractivity contribution in [3.8, 4) is 17.2 Å². The summed E-state index contributed by atoms with van der Waals surface area (Å²) in [6.45, 7) is 7.75. The standard InChI is InChI=1S/C16H22N2O3.C13H18O2/c1-11-7-12-9-15(19)18(6-4-5-17-2)16(20)10-13(12)8-14(11)21-3;1-8(2)10-5-9-6-12(14-3)13(15-4)7-11(9)10/h7-8,17H,4-6,9-10H2,1-3H3;6-8,10H,5H2,1-4H3. The quantitative estimate of drug-likeness (QED) is 0.439. The van der Waals surface area contributed by atoms with Crippen LogP contribution in [0.3, 0.4) is 0 Å². The molecule has 0 saturated heterocycles. The molecule has 196 valence electrons. The Morgan fingerprint density at radius 3 is 2.00 bits per heavy atom. The fraction of sp³-hybridized carbons (Fsp3) is 0.517. The van der Waals surface area contributed by atoms with Crippen molar-refractivity contribution in [2.24, 2.45) is 5.92 Å². The van der Waals surface area contributed by atoms with Crippen LogP contribution >= 0.6 is 0 Å². The number of fused-ring (bicyclic) bond motifs is 2. The number of carbonyl (C=O) groups excluding carboxylic acids is 2. The third-order valence-electron chi connectivity index (χ3n) is 7.10. The highest BCUT2D eigenvalue weighted by Crippen LogP contribution is 2.45. The Hall–Kier alpha value is -3.06. The Bertz CT molecular complexity index is 1100. The molecule has 1 aliphatic carbocycles. The predicted molar refractivity (Wildman–Crippen MR) is 141 cm³/mol. The molecular formula is C29H40N2O5. The number of imide groups is 1. The Balaban J connectivity index is 0.000000212. The van der Waals surface area contributed by atoms with Crippen LogP contribution in [0, 0.1) is 12.8 Å². The van der Waals surface area contributed by atoms with Gasteiger partial charge in [0.05, 0.1) is 34.2 Å². The molecule has 7 nitrogen and oxygen atoms in total. The number of hydrogen-bond acceptors (Lipinski definition) is 6. The fourth-order valence-electron chi connectivity index (χ4n) is 4.93. The van der Waals surface area contributed by atoms with Gasteiger partial charge in [-0.2, -0.15) is 0 Å². The molecular weight excluding hydrogens is 456 g/mol. The van der Waals surface area contributed by atoms with Gasteiger partial charge in [0.15, 0.2) is 11.5 Å². The van der Waals surface area contributed by atoms with Gasteiger partial charge in [-0.05, 0) is 91.2 Å². The summed E-state index contributed by atoms with van der Waals surface area (Å²) in [4.78, 5) is 26.0. The van der Waals surface area contributed by atoms with Crippen molar-refractivity contribution in [3.05, 3.63) is 52.1 Å². The van der Waals surface area contributed by atoms with Crippen molar-refractivity contribution in [2.45, 2.75) is 52.4 Å². The fourth-order valence-corrected chi connectivity index (χ4v) is 4.93. The number of benzene rings is 2. The second-order valence-corrected chi connectivity index (χ2v) is 9.80. The van der Waals surface area contributed by atoms with E-state index in [0.29, 0.717) is 18.4 Å². The lowest BCUT2D eigenvalue weighted by Crippen LogP contribution is -2.38. The largest absolute Gasteiger partial charge is 0.496 e. The zero-order valence-corrected chi connectivity index (χ0v) is 22.7. The number of amides is 2. The van der Waals surface area contributed by atoms with Crippen molar-refractivity contribution in [2.75, 3.05) is 41.5 Å². The van der Waals surface area contributed by atoms with E-state index in [4.69, 9.17) is 14.2 Å². The van der Waals surface area contributed by atoms with E-state index in [1.807, 2.05) is 26.1 Å². The monoisotopic (exact) mass is 496 g/mol. The van der Waals surface area contributed by atoms with E-state index in [2.05, 4.69) is 31.3 Å². The van der Waals surface area contributed by atoms with Crippen LogP contribution in [-0.4, -0.2) is 58.2 Å². The third-order valence-corrected chi connectivity index (χ3v) is 7.10. The van der Waals surface area contributed by atoms with Crippen LogP contribution in [0.25, 0.3) is 0 Å². The summed E-state index contributed by atoms with van der Waals surface area (Å²) in [6.07, 6.45) is 2.49. The molecule has 2 aromatic carbocycles. The molecule has 0 spiro atoms. The minimum atomic E-state index is -0.124. The van der Waals surface area contributed by atoms with Gasteiger partial charge in [-0.3, -0.25) is 14.5 Å². The first-order valence-corrected chi connectivity index (χ1v) is 12.6. The average Bonchev–Trinajstić information content (AvgIpc) is 2.94. The number of ether oxygens (including phenoxy) is 3. The van der Waals surface area contributed by atoms with Crippen molar-refractivity contribution < 1.29 is 23.8 Å². The van der Waals surface area contributed by atoms with Gasteiger partial charge >= 0.3 is 0 Å². The van der Waals surface area contributed by atoms with E-state index in [1.165, 1.54) is 22.4 Å². The van der Waals surface area contributed by atoms with E-state index in [-0.39, 0.29) is 24.7 Å². The molecule has 1 heterocycles. The maximum Gasteiger partial charge on any atom is 0.233 e. The smallest absolute Gasteiger partial charge is 0.233 e. The number of nitrogens with zero attached hydrogens (tertiary/aromatic N) is 1. The van der Waals surface area contributed by atoms with E-state index in [0.717, 1.165) is 46.9 Å². The summed E-state index contributed by atoms with van der Waals surface area (Å²) in [5.41, 5.74) is 5.66. The Morgan fingerprint density at radius 2 is 1.44 bits per heavy atom. The molecule has 1 unspecified atom stereocenters. The first-order chi connectivity index (χ1) is 17.2. The zero-order chi connectivity index (χ0) is 26.4. The van der Waals surface area contributed by atoms with Gasteiger partial charge in [0.2, 0.25) is 11.8 Å². The minimum absolute atomic E-state index is 0.112. The Kier molecular flexibility index (Phi) is 9.37. The molecule has 2 aromatic rings. The molecule has 0 fully saturated rings. The second-order valence-electron chi connectivity index (χ2n) is 9.80. The van der Waals surface area contributed by atoms with Gasteiger partial charge in [-0.15, -0.1) is 0 Å². The van der Waals surface area contributed by atoms with Crippen molar-refractivity contribution in [1.29, 1.82) is 0 Å². The van der Waals surface area contributed by atoms with Gasteiger partial charge < -0.3 is 19.5 Å². The summed E-state index contributed by atoms with van der Waals surface area (Å²) in [6, 6.07) is 8.07. The zero-order valence-electron chi connectivity index (χ0n) is 22.7. The molecule has 36 heavy (non-hydrogen) atoms. The Morgan fingerprint density at radius 1 is 0.889 bits per heavy atom. The summed E-state index contributed by atoms with van der Waals surface area (Å²) in [7, 11) is 6.84. The molecule has 2 amide bonds. The highest BCUT2D eigenvalue weighted by molar-refractivity contribution is 5.99.